The topological polar surface area (TPSA) is 83.7 Å². The van der Waals surface area contributed by atoms with Gasteiger partial charge < -0.3 is 10.0 Å². The predicted octanol–water partition coefficient (Wildman–Crippen LogP) is 3.30. The van der Waals surface area contributed by atoms with E-state index in [4.69, 9.17) is 28.3 Å². The number of hydrogen-bond donors (Lipinski definition) is 1. The minimum absolute atomic E-state index is 0.0790. The molecule has 1 saturated heterocycles. The van der Waals surface area contributed by atoms with Gasteiger partial charge in [0.15, 0.2) is 0 Å². The maximum atomic E-state index is 11.2. The molecule has 114 valence electrons. The highest BCUT2D eigenvalue weighted by atomic mass is 35.5. The number of thioether (sulfide) groups is 1. The SMILES string of the molecule is O=C(O)CC1CSCCN1c1cc(Cl)c(Cl)cc1[N+](=O)[O-]. The van der Waals surface area contributed by atoms with Crippen molar-refractivity contribution >= 4 is 52.3 Å². The zero-order chi connectivity index (χ0) is 15.6. The predicted molar refractivity (Wildman–Crippen MR) is 83.8 cm³/mol. The van der Waals surface area contributed by atoms with E-state index in [1.54, 1.807) is 16.7 Å². The Balaban J connectivity index is 2.44. The highest BCUT2D eigenvalue weighted by Gasteiger charge is 2.30. The van der Waals surface area contributed by atoms with Gasteiger partial charge in [-0.1, -0.05) is 23.2 Å². The van der Waals surface area contributed by atoms with Crippen LogP contribution in [0.15, 0.2) is 12.1 Å². The molecule has 0 radical (unpaired) electrons. The van der Waals surface area contributed by atoms with E-state index in [0.29, 0.717) is 18.0 Å². The standard InChI is InChI=1S/C12H12Cl2N2O4S/c13-8-4-10(11(16(19)20)5-9(8)14)15-1-2-21-6-7(15)3-12(17)18/h4-5,7H,1-3,6H2,(H,17,18). The molecule has 1 aromatic rings. The molecule has 1 aliphatic rings. The van der Waals surface area contributed by atoms with Gasteiger partial charge in [0, 0.05) is 30.2 Å². The Kier molecular flexibility index (Phi) is 5.18. The second-order valence-corrected chi connectivity index (χ2v) is 6.50. The summed E-state index contributed by atoms with van der Waals surface area (Å²) in [5.74, 6) is 0.437. The van der Waals surface area contributed by atoms with Crippen LogP contribution in [-0.2, 0) is 4.79 Å². The number of carbonyl (C=O) groups is 1. The molecule has 0 amide bonds. The first-order valence-corrected chi connectivity index (χ1v) is 8.01. The molecule has 6 nitrogen and oxygen atoms in total. The van der Waals surface area contributed by atoms with Crippen molar-refractivity contribution < 1.29 is 14.8 Å². The molecule has 0 aromatic heterocycles. The Bertz CT molecular complexity index is 585. The number of rotatable bonds is 4. The van der Waals surface area contributed by atoms with Gasteiger partial charge in [-0.25, -0.2) is 0 Å². The van der Waals surface area contributed by atoms with E-state index in [2.05, 4.69) is 0 Å². The molecule has 2 rings (SSSR count). The van der Waals surface area contributed by atoms with Crippen molar-refractivity contribution in [2.24, 2.45) is 0 Å². The molecule has 1 aromatic carbocycles. The maximum Gasteiger partial charge on any atom is 0.305 e. The first-order chi connectivity index (χ1) is 9.90. The minimum atomic E-state index is -0.935. The summed E-state index contributed by atoms with van der Waals surface area (Å²) in [5.41, 5.74) is 0.160. The highest BCUT2D eigenvalue weighted by molar-refractivity contribution is 7.99. The van der Waals surface area contributed by atoms with Gasteiger partial charge in [-0.15, -0.1) is 0 Å². The van der Waals surface area contributed by atoms with Crippen LogP contribution in [-0.4, -0.2) is 40.1 Å². The molecule has 1 atom stereocenters. The van der Waals surface area contributed by atoms with Crippen LogP contribution in [0.3, 0.4) is 0 Å². The molecule has 1 N–H and O–H groups in total. The molecule has 0 bridgehead atoms. The van der Waals surface area contributed by atoms with Crippen molar-refractivity contribution in [1.29, 1.82) is 0 Å². The van der Waals surface area contributed by atoms with Crippen LogP contribution in [0.2, 0.25) is 10.0 Å². The van der Waals surface area contributed by atoms with Crippen LogP contribution in [0.1, 0.15) is 6.42 Å². The van der Waals surface area contributed by atoms with Gasteiger partial charge in [-0.2, -0.15) is 11.8 Å². The van der Waals surface area contributed by atoms with E-state index in [0.717, 1.165) is 5.75 Å². The van der Waals surface area contributed by atoms with E-state index in [1.807, 2.05) is 0 Å². The van der Waals surface area contributed by atoms with E-state index < -0.39 is 10.9 Å². The van der Waals surface area contributed by atoms with Gasteiger partial charge in [0.1, 0.15) is 5.69 Å². The fourth-order valence-electron chi connectivity index (χ4n) is 2.24. The molecule has 9 heteroatoms. The normalized spacial score (nSPS) is 18.6. The van der Waals surface area contributed by atoms with Crippen LogP contribution in [0, 0.1) is 10.1 Å². The smallest absolute Gasteiger partial charge is 0.305 e. The lowest BCUT2D eigenvalue weighted by Crippen LogP contribution is -2.44. The summed E-state index contributed by atoms with van der Waals surface area (Å²) >= 11 is 13.4. The number of benzene rings is 1. The largest absolute Gasteiger partial charge is 0.481 e. The molecule has 1 heterocycles. The molecule has 1 unspecified atom stereocenters. The molecule has 21 heavy (non-hydrogen) atoms. The summed E-state index contributed by atoms with van der Waals surface area (Å²) in [4.78, 5) is 23.4. The van der Waals surface area contributed by atoms with Crippen molar-refractivity contribution in [3.05, 3.63) is 32.3 Å². The molecule has 0 aliphatic carbocycles. The van der Waals surface area contributed by atoms with Gasteiger partial charge in [-0.3, -0.25) is 14.9 Å². The number of nitro groups is 1. The Hall–Kier alpha value is -1.18. The number of nitro benzene ring substituents is 1. The Morgan fingerprint density at radius 2 is 2.14 bits per heavy atom. The van der Waals surface area contributed by atoms with Crippen molar-refractivity contribution in [2.45, 2.75) is 12.5 Å². The third kappa shape index (κ3) is 3.72. The summed E-state index contributed by atoms with van der Waals surface area (Å²) in [5, 5.41) is 20.5. The minimum Gasteiger partial charge on any atom is -0.481 e. The lowest BCUT2D eigenvalue weighted by molar-refractivity contribution is -0.384. The van der Waals surface area contributed by atoms with E-state index in [9.17, 15) is 14.9 Å². The third-order valence-electron chi connectivity index (χ3n) is 3.16. The number of nitrogens with zero attached hydrogens (tertiary/aromatic N) is 2. The van der Waals surface area contributed by atoms with Crippen molar-refractivity contribution in [3.8, 4) is 0 Å². The van der Waals surface area contributed by atoms with Crippen molar-refractivity contribution in [2.75, 3.05) is 23.0 Å². The number of halogens is 2. The lowest BCUT2D eigenvalue weighted by atomic mass is 10.1. The van der Waals surface area contributed by atoms with Crippen molar-refractivity contribution in [3.63, 3.8) is 0 Å². The Morgan fingerprint density at radius 3 is 2.76 bits per heavy atom. The average molecular weight is 351 g/mol. The molecule has 1 aliphatic heterocycles. The van der Waals surface area contributed by atoms with Gasteiger partial charge >= 0.3 is 5.97 Å². The first-order valence-electron chi connectivity index (χ1n) is 6.09. The zero-order valence-electron chi connectivity index (χ0n) is 10.8. The quantitative estimate of drug-likeness (QED) is 0.662. The van der Waals surface area contributed by atoms with E-state index in [-0.39, 0.29) is 28.2 Å². The number of aliphatic carboxylic acids is 1. The van der Waals surface area contributed by atoms with E-state index in [1.165, 1.54) is 12.1 Å². The summed E-state index contributed by atoms with van der Waals surface area (Å²) in [6, 6.07) is 2.34. The van der Waals surface area contributed by atoms with Crippen molar-refractivity contribution in [1.82, 2.24) is 0 Å². The second kappa shape index (κ2) is 6.72. The fourth-order valence-corrected chi connectivity index (χ4v) is 3.62. The van der Waals surface area contributed by atoms with Crippen LogP contribution in [0.4, 0.5) is 11.4 Å². The van der Waals surface area contributed by atoms with Crippen LogP contribution in [0.5, 0.6) is 0 Å². The van der Waals surface area contributed by atoms with Gasteiger partial charge in [0.2, 0.25) is 0 Å². The summed E-state index contributed by atoms with van der Waals surface area (Å²) in [6.07, 6.45) is -0.0790. The van der Waals surface area contributed by atoms with Gasteiger partial charge in [0.25, 0.3) is 5.69 Å². The Labute approximate surface area is 135 Å². The summed E-state index contributed by atoms with van der Waals surface area (Å²) in [6.45, 7) is 0.529. The average Bonchev–Trinajstić information content (AvgIpc) is 2.41. The number of hydrogen-bond acceptors (Lipinski definition) is 5. The van der Waals surface area contributed by atoms with Gasteiger partial charge in [0.05, 0.1) is 21.4 Å². The van der Waals surface area contributed by atoms with Crippen LogP contribution >= 0.6 is 35.0 Å². The highest BCUT2D eigenvalue weighted by Crippen LogP contribution is 2.38. The van der Waals surface area contributed by atoms with Gasteiger partial charge in [-0.05, 0) is 6.07 Å². The number of anilines is 1. The molecule has 0 spiro atoms. The Morgan fingerprint density at radius 1 is 1.48 bits per heavy atom. The summed E-state index contributed by atoms with van der Waals surface area (Å²) < 4.78 is 0. The summed E-state index contributed by atoms with van der Waals surface area (Å²) in [7, 11) is 0. The zero-order valence-corrected chi connectivity index (χ0v) is 13.1. The molecule has 0 saturated carbocycles. The van der Waals surface area contributed by atoms with Crippen LogP contribution < -0.4 is 4.90 Å². The molecular weight excluding hydrogens is 339 g/mol. The first kappa shape index (κ1) is 16.2. The number of carboxylic acids is 1. The monoisotopic (exact) mass is 350 g/mol. The lowest BCUT2D eigenvalue weighted by Gasteiger charge is -2.36. The number of carboxylic acid groups (broad SMARTS) is 1. The van der Waals surface area contributed by atoms with E-state index >= 15 is 0 Å². The second-order valence-electron chi connectivity index (χ2n) is 4.53. The molecule has 1 fully saturated rings. The maximum absolute atomic E-state index is 11.2. The third-order valence-corrected chi connectivity index (χ3v) is 4.98. The molecular formula is C12H12Cl2N2O4S. The fraction of sp³-hybridized carbons (Fsp3) is 0.417. The van der Waals surface area contributed by atoms with Crippen LogP contribution in [0.25, 0.3) is 0 Å².